The van der Waals surface area contributed by atoms with Crippen molar-refractivity contribution in [1.82, 2.24) is 5.32 Å². The number of fused-ring (bicyclic) bond motifs is 1. The number of hydrogen-bond acceptors (Lipinski definition) is 3. The molecule has 1 aliphatic rings. The lowest BCUT2D eigenvalue weighted by molar-refractivity contribution is 0.0948. The smallest absolute Gasteiger partial charge is 0.251 e. The zero-order valence-electron chi connectivity index (χ0n) is 11.6. The molecular formula is C16H17NO3S. The summed E-state index contributed by atoms with van der Waals surface area (Å²) >= 11 is 0. The fourth-order valence-electron chi connectivity index (χ4n) is 2.70. The molecule has 1 atom stereocenters. The van der Waals surface area contributed by atoms with Crippen molar-refractivity contribution in [3.63, 3.8) is 0 Å². The molecule has 2 aromatic carbocycles. The first-order chi connectivity index (χ1) is 10.0. The predicted octanol–water partition coefficient (Wildman–Crippen LogP) is 2.00. The highest BCUT2D eigenvalue weighted by molar-refractivity contribution is 7.91. The van der Waals surface area contributed by atoms with Crippen molar-refractivity contribution < 1.29 is 13.2 Å². The largest absolute Gasteiger partial charge is 0.352 e. The van der Waals surface area contributed by atoms with Gasteiger partial charge in [0.1, 0.15) is 0 Å². The summed E-state index contributed by atoms with van der Waals surface area (Å²) in [6.07, 6.45) is 0.639. The van der Waals surface area contributed by atoms with Crippen molar-refractivity contribution in [3.05, 3.63) is 48.0 Å². The van der Waals surface area contributed by atoms with Crippen LogP contribution in [0.15, 0.2) is 42.5 Å². The van der Waals surface area contributed by atoms with E-state index >= 15 is 0 Å². The lowest BCUT2D eigenvalue weighted by Crippen LogP contribution is -2.29. The molecule has 5 heteroatoms. The van der Waals surface area contributed by atoms with Crippen LogP contribution in [0.4, 0.5) is 0 Å². The quantitative estimate of drug-likeness (QED) is 0.943. The number of sulfone groups is 1. The summed E-state index contributed by atoms with van der Waals surface area (Å²) < 4.78 is 22.8. The van der Waals surface area contributed by atoms with Crippen LogP contribution in [-0.4, -0.2) is 32.4 Å². The fourth-order valence-corrected chi connectivity index (χ4v) is 4.56. The molecule has 1 amide bonds. The van der Waals surface area contributed by atoms with Gasteiger partial charge in [-0.05, 0) is 35.2 Å². The van der Waals surface area contributed by atoms with Crippen LogP contribution in [0.2, 0.25) is 0 Å². The number of amides is 1. The normalized spacial score (nSPS) is 20.5. The third-order valence-corrected chi connectivity index (χ3v) is 5.73. The molecule has 0 aliphatic carbocycles. The molecule has 3 rings (SSSR count). The summed E-state index contributed by atoms with van der Waals surface area (Å²) in [6.45, 7) is 0.422. The second-order valence-corrected chi connectivity index (χ2v) is 7.77. The molecule has 0 spiro atoms. The van der Waals surface area contributed by atoms with Crippen molar-refractivity contribution >= 4 is 26.5 Å². The molecule has 1 unspecified atom stereocenters. The molecule has 0 bridgehead atoms. The van der Waals surface area contributed by atoms with E-state index in [1.54, 1.807) is 6.07 Å². The Morgan fingerprint density at radius 2 is 1.90 bits per heavy atom. The van der Waals surface area contributed by atoms with Gasteiger partial charge in [0, 0.05) is 12.1 Å². The summed E-state index contributed by atoms with van der Waals surface area (Å²) in [5, 5.41) is 4.96. The number of carbonyl (C=O) groups excluding carboxylic acids is 1. The number of rotatable bonds is 3. The lowest BCUT2D eigenvalue weighted by Gasteiger charge is -2.10. The van der Waals surface area contributed by atoms with Gasteiger partial charge in [0.2, 0.25) is 0 Å². The number of nitrogens with one attached hydrogen (secondary N) is 1. The van der Waals surface area contributed by atoms with E-state index in [2.05, 4.69) is 5.32 Å². The van der Waals surface area contributed by atoms with Gasteiger partial charge in [-0.25, -0.2) is 8.42 Å². The van der Waals surface area contributed by atoms with E-state index in [9.17, 15) is 13.2 Å². The Balaban J connectivity index is 1.67. The minimum absolute atomic E-state index is 0.0411. The first kappa shape index (κ1) is 14.1. The number of hydrogen-bond donors (Lipinski definition) is 1. The van der Waals surface area contributed by atoms with Gasteiger partial charge in [-0.2, -0.15) is 0 Å². The first-order valence-corrected chi connectivity index (χ1v) is 8.83. The molecular weight excluding hydrogens is 286 g/mol. The topological polar surface area (TPSA) is 63.2 Å². The maximum Gasteiger partial charge on any atom is 0.251 e. The summed E-state index contributed by atoms with van der Waals surface area (Å²) in [6, 6.07) is 13.4. The Hall–Kier alpha value is -1.88. The van der Waals surface area contributed by atoms with Crippen LogP contribution >= 0.6 is 0 Å². The van der Waals surface area contributed by atoms with Gasteiger partial charge in [0.05, 0.1) is 11.5 Å². The van der Waals surface area contributed by atoms with Gasteiger partial charge < -0.3 is 5.32 Å². The zero-order valence-corrected chi connectivity index (χ0v) is 12.4. The molecule has 4 nitrogen and oxygen atoms in total. The van der Waals surface area contributed by atoms with Gasteiger partial charge in [0.15, 0.2) is 9.84 Å². The molecule has 0 aromatic heterocycles. The molecule has 1 N–H and O–H groups in total. The monoisotopic (exact) mass is 303 g/mol. The standard InChI is InChI=1S/C16H17NO3S/c18-16(17-10-12-7-8-21(19,20)11-12)15-6-5-13-3-1-2-4-14(13)9-15/h1-6,9,12H,7-8,10-11H2,(H,17,18). The van der Waals surface area contributed by atoms with E-state index in [1.807, 2.05) is 36.4 Å². The van der Waals surface area contributed by atoms with Crippen LogP contribution < -0.4 is 5.32 Å². The van der Waals surface area contributed by atoms with E-state index in [4.69, 9.17) is 0 Å². The highest BCUT2D eigenvalue weighted by Gasteiger charge is 2.27. The lowest BCUT2D eigenvalue weighted by atomic mass is 10.1. The van der Waals surface area contributed by atoms with Gasteiger partial charge in [-0.15, -0.1) is 0 Å². The van der Waals surface area contributed by atoms with E-state index in [-0.39, 0.29) is 23.3 Å². The molecule has 0 saturated carbocycles. The summed E-state index contributed by atoms with van der Waals surface area (Å²) in [5.74, 6) is 0.318. The Kier molecular flexibility index (Phi) is 3.68. The summed E-state index contributed by atoms with van der Waals surface area (Å²) in [4.78, 5) is 12.1. The predicted molar refractivity (Wildman–Crippen MR) is 83.0 cm³/mol. The van der Waals surface area contributed by atoms with Crippen LogP contribution in [0.5, 0.6) is 0 Å². The fraction of sp³-hybridized carbons (Fsp3) is 0.312. The maximum absolute atomic E-state index is 12.1. The Bertz CT molecular complexity index is 783. The van der Waals surface area contributed by atoms with Crippen molar-refractivity contribution in [2.75, 3.05) is 18.1 Å². The minimum atomic E-state index is -2.89. The molecule has 1 fully saturated rings. The minimum Gasteiger partial charge on any atom is -0.352 e. The van der Waals surface area contributed by atoms with Gasteiger partial charge in [0.25, 0.3) is 5.91 Å². The van der Waals surface area contributed by atoms with Crippen molar-refractivity contribution in [3.8, 4) is 0 Å². The van der Waals surface area contributed by atoms with E-state index < -0.39 is 9.84 Å². The number of carbonyl (C=O) groups is 1. The average Bonchev–Trinajstić information content (AvgIpc) is 2.83. The van der Waals surface area contributed by atoms with Gasteiger partial charge in [-0.1, -0.05) is 30.3 Å². The molecule has 1 saturated heterocycles. The van der Waals surface area contributed by atoms with E-state index in [0.717, 1.165) is 10.8 Å². The van der Waals surface area contributed by atoms with E-state index in [0.29, 0.717) is 18.5 Å². The van der Waals surface area contributed by atoms with Crippen molar-refractivity contribution in [2.45, 2.75) is 6.42 Å². The van der Waals surface area contributed by atoms with Crippen molar-refractivity contribution in [2.24, 2.45) is 5.92 Å². The van der Waals surface area contributed by atoms with Crippen LogP contribution in [0.25, 0.3) is 10.8 Å². The second kappa shape index (κ2) is 5.48. The SMILES string of the molecule is O=C(NCC1CCS(=O)(=O)C1)c1ccc2ccccc2c1. The maximum atomic E-state index is 12.1. The first-order valence-electron chi connectivity index (χ1n) is 7.01. The van der Waals surface area contributed by atoms with Crippen LogP contribution in [0.1, 0.15) is 16.8 Å². The Morgan fingerprint density at radius 3 is 2.62 bits per heavy atom. The van der Waals surface area contributed by atoms with Crippen LogP contribution in [-0.2, 0) is 9.84 Å². The molecule has 1 aliphatic heterocycles. The van der Waals surface area contributed by atoms with Crippen molar-refractivity contribution in [1.29, 1.82) is 0 Å². The summed E-state index contributed by atoms with van der Waals surface area (Å²) in [7, 11) is -2.89. The molecule has 2 aromatic rings. The second-order valence-electron chi connectivity index (χ2n) is 5.54. The Morgan fingerprint density at radius 1 is 1.14 bits per heavy atom. The van der Waals surface area contributed by atoms with Crippen LogP contribution in [0.3, 0.4) is 0 Å². The van der Waals surface area contributed by atoms with Gasteiger partial charge in [-0.3, -0.25) is 4.79 Å². The number of benzene rings is 2. The average molecular weight is 303 g/mol. The molecule has 0 radical (unpaired) electrons. The summed E-state index contributed by atoms with van der Waals surface area (Å²) in [5.41, 5.74) is 0.606. The molecule has 21 heavy (non-hydrogen) atoms. The van der Waals surface area contributed by atoms with Gasteiger partial charge >= 0.3 is 0 Å². The third kappa shape index (κ3) is 3.24. The molecule has 1 heterocycles. The molecule has 110 valence electrons. The van der Waals surface area contributed by atoms with E-state index in [1.165, 1.54) is 0 Å². The highest BCUT2D eigenvalue weighted by Crippen LogP contribution is 2.18. The van der Waals surface area contributed by atoms with Crippen LogP contribution in [0, 0.1) is 5.92 Å². The zero-order chi connectivity index (χ0) is 14.9. The Labute approximate surface area is 124 Å². The highest BCUT2D eigenvalue weighted by atomic mass is 32.2. The third-order valence-electron chi connectivity index (χ3n) is 3.89.